The molecule has 0 bridgehead atoms. The quantitative estimate of drug-likeness (QED) is 0.0948. The summed E-state index contributed by atoms with van der Waals surface area (Å²) in [6.07, 6.45) is 4.16. The zero-order valence-electron chi connectivity index (χ0n) is 39.5. The van der Waals surface area contributed by atoms with Gasteiger partial charge in [-0.1, -0.05) is 157 Å². The van der Waals surface area contributed by atoms with Gasteiger partial charge < -0.3 is 14.2 Å². The minimum Gasteiger partial charge on any atom is -0.493 e. The molecule has 0 atom stereocenters. The highest BCUT2D eigenvalue weighted by Crippen LogP contribution is 2.42. The summed E-state index contributed by atoms with van der Waals surface area (Å²) in [5, 5.41) is 14.7. The number of anilines is 2. The van der Waals surface area contributed by atoms with E-state index >= 15 is 0 Å². The Bertz CT molecular complexity index is 3400. The highest BCUT2D eigenvalue weighted by molar-refractivity contribution is 7.79. The van der Waals surface area contributed by atoms with Crippen LogP contribution in [0, 0.1) is 11.3 Å². The van der Waals surface area contributed by atoms with Crippen molar-refractivity contribution in [1.29, 1.82) is 5.41 Å². The van der Waals surface area contributed by atoms with Crippen LogP contribution in [0.4, 0.5) is 11.4 Å². The van der Waals surface area contributed by atoms with Gasteiger partial charge in [-0.15, -0.1) is 0 Å². The van der Waals surface area contributed by atoms with E-state index in [0.29, 0.717) is 35.8 Å². The van der Waals surface area contributed by atoms with Crippen molar-refractivity contribution >= 4 is 73.8 Å². The molecule has 1 N–H and O–H groups in total. The van der Waals surface area contributed by atoms with Crippen LogP contribution in [-0.2, 0) is 0 Å². The minimum absolute atomic E-state index is 0.284. The Morgan fingerprint density at radius 1 is 0.544 bits per heavy atom. The molecule has 8 aromatic carbocycles. The number of para-hydroxylation sites is 1. The number of fused-ring (bicyclic) bond motifs is 4. The van der Waals surface area contributed by atoms with E-state index in [9.17, 15) is 5.41 Å². The zero-order chi connectivity index (χ0) is 47.1. The van der Waals surface area contributed by atoms with Crippen LogP contribution in [0.25, 0.3) is 66.1 Å². The van der Waals surface area contributed by atoms with Crippen molar-refractivity contribution in [2.45, 2.75) is 53.4 Å². The highest BCUT2D eigenvalue weighted by atomic mass is 32.1. The smallest absolute Gasteiger partial charge is 0.119 e. The molecule has 0 saturated carbocycles. The monoisotopic (exact) mass is 904 g/mol. The molecule has 0 fully saturated rings. The number of ether oxygens (including phenoxy) is 1. The third-order valence-electron chi connectivity index (χ3n) is 13.1. The van der Waals surface area contributed by atoms with Gasteiger partial charge in [0.15, 0.2) is 0 Å². The van der Waals surface area contributed by atoms with Crippen LogP contribution in [0.5, 0.6) is 5.75 Å². The molecule has 0 saturated heterocycles. The normalized spacial score (nSPS) is 13.6. The molecule has 0 unspecified atom stereocenters. The Hall–Kier alpha value is -7.41. The Labute approximate surface area is 405 Å². The molecule has 10 rings (SSSR count). The minimum atomic E-state index is 0.284. The Kier molecular flexibility index (Phi) is 12.2. The zero-order valence-corrected chi connectivity index (χ0v) is 40.4. The second-order valence-electron chi connectivity index (χ2n) is 18.9. The fourth-order valence-corrected chi connectivity index (χ4v) is 9.87. The summed E-state index contributed by atoms with van der Waals surface area (Å²) in [7, 11) is 0. The molecule has 1 heterocycles. The Balaban J connectivity index is 1.10. The van der Waals surface area contributed by atoms with Crippen LogP contribution in [0.1, 0.15) is 70.1 Å². The van der Waals surface area contributed by atoms with Gasteiger partial charge in [-0.25, -0.2) is 4.40 Å². The molecular weight excluding hydrogens is 849 g/mol. The largest absolute Gasteiger partial charge is 0.493 e. The first-order valence-corrected chi connectivity index (χ1v) is 24.1. The molecule has 1 aromatic heterocycles. The van der Waals surface area contributed by atoms with Crippen LogP contribution < -0.4 is 9.64 Å². The summed E-state index contributed by atoms with van der Waals surface area (Å²) < 4.78 is 13.0. The summed E-state index contributed by atoms with van der Waals surface area (Å²) >= 11 is 4.59. The van der Waals surface area contributed by atoms with Gasteiger partial charge >= 0.3 is 0 Å². The number of rotatable bonds is 12. The van der Waals surface area contributed by atoms with Gasteiger partial charge in [0.25, 0.3) is 0 Å². The van der Waals surface area contributed by atoms with Gasteiger partial charge in [-0.05, 0) is 153 Å². The standard InChI is InChI=1S/C62H56N4OS/c1-39(2)38-67-51-30-23-45(24-31-51)44-21-28-50(29-22-44)65(49-26-19-43(20-27-49)42-13-8-7-9-14-42)58-34-32-54(61(64-68)60(58)63)48-25-33-57-55(36-48)56-35-46-15-10-11-16-47(46)37-59(56)66(57)62-52(40(3)4)17-12-18-53(62)41(5)6/h7-37,39-41,63,68H,38H2,1-6H3/b63-60?,64-61-. The molecule has 336 valence electrons. The lowest BCUT2D eigenvalue weighted by Gasteiger charge is -2.31. The van der Waals surface area contributed by atoms with Crippen molar-refractivity contribution in [1.82, 2.24) is 4.57 Å². The van der Waals surface area contributed by atoms with E-state index in [1.807, 2.05) is 18.2 Å². The first-order valence-electron chi connectivity index (χ1n) is 23.7. The first-order chi connectivity index (χ1) is 33.1. The fraction of sp³-hybridized carbons (Fsp3) is 0.161. The van der Waals surface area contributed by atoms with Crippen LogP contribution in [-0.4, -0.2) is 22.6 Å². The maximum atomic E-state index is 9.93. The lowest BCUT2D eigenvalue weighted by molar-refractivity contribution is 0.271. The van der Waals surface area contributed by atoms with Gasteiger partial charge in [0.1, 0.15) is 17.2 Å². The van der Waals surface area contributed by atoms with E-state index in [4.69, 9.17) is 4.74 Å². The first kappa shape index (κ1) is 44.4. The van der Waals surface area contributed by atoms with Gasteiger partial charge in [-0.3, -0.25) is 5.41 Å². The number of thiol groups is 1. The Morgan fingerprint density at radius 3 is 1.65 bits per heavy atom. The number of hydrogen-bond donors (Lipinski definition) is 2. The number of allylic oxidation sites excluding steroid dienone is 4. The third kappa shape index (κ3) is 8.35. The summed E-state index contributed by atoms with van der Waals surface area (Å²) in [4.78, 5) is 2.15. The Morgan fingerprint density at radius 2 is 1.07 bits per heavy atom. The number of hydrogen-bond acceptors (Lipinski definition) is 5. The maximum absolute atomic E-state index is 9.93. The summed E-state index contributed by atoms with van der Waals surface area (Å²) in [6, 6.07) is 62.6. The molecule has 0 radical (unpaired) electrons. The molecule has 1 aliphatic rings. The molecule has 0 amide bonds. The molecule has 0 aliphatic heterocycles. The van der Waals surface area contributed by atoms with E-state index < -0.39 is 0 Å². The molecule has 6 heteroatoms. The van der Waals surface area contributed by atoms with Crippen molar-refractivity contribution in [3.05, 3.63) is 210 Å². The maximum Gasteiger partial charge on any atom is 0.119 e. The average Bonchev–Trinajstić information content (AvgIpc) is 3.67. The van der Waals surface area contributed by atoms with Gasteiger partial charge in [0.05, 0.1) is 29.0 Å². The van der Waals surface area contributed by atoms with Crippen molar-refractivity contribution < 1.29 is 4.74 Å². The van der Waals surface area contributed by atoms with Gasteiger partial charge in [0.2, 0.25) is 0 Å². The number of nitrogens with zero attached hydrogens (tertiary/aromatic N) is 3. The molecule has 5 nitrogen and oxygen atoms in total. The van der Waals surface area contributed by atoms with E-state index in [1.165, 1.54) is 38.5 Å². The second kappa shape index (κ2) is 18.7. The van der Waals surface area contributed by atoms with E-state index in [-0.39, 0.29) is 5.71 Å². The van der Waals surface area contributed by atoms with E-state index in [0.717, 1.165) is 61.4 Å². The van der Waals surface area contributed by atoms with E-state index in [1.54, 1.807) is 0 Å². The molecule has 1 aliphatic carbocycles. The van der Waals surface area contributed by atoms with Crippen LogP contribution in [0.15, 0.2) is 198 Å². The summed E-state index contributed by atoms with van der Waals surface area (Å²) in [5.74, 6) is 1.99. The van der Waals surface area contributed by atoms with Gasteiger partial charge in [-0.2, -0.15) is 0 Å². The van der Waals surface area contributed by atoms with Crippen molar-refractivity contribution in [3.63, 3.8) is 0 Å². The predicted octanol–water partition coefficient (Wildman–Crippen LogP) is 17.0. The SMILES string of the molecule is CC(C)COc1ccc(-c2ccc(N(C3=CC=C(c4ccc5c(c4)c4cc6ccccc6cc4n5-c4c(C(C)C)cccc4C(C)C)/C(=N/S)C3=N)c3ccc(-c4ccccc4)cc3)cc2)cc1. The summed E-state index contributed by atoms with van der Waals surface area (Å²) in [6.45, 7) is 14.1. The third-order valence-corrected chi connectivity index (χ3v) is 13.3. The average molecular weight is 905 g/mol. The van der Waals surface area contributed by atoms with Crippen LogP contribution in [0.2, 0.25) is 0 Å². The predicted molar refractivity (Wildman–Crippen MR) is 293 cm³/mol. The second-order valence-corrected chi connectivity index (χ2v) is 19.1. The molecule has 68 heavy (non-hydrogen) atoms. The molecule has 0 spiro atoms. The summed E-state index contributed by atoms with van der Waals surface area (Å²) in [5.41, 5.74) is 15.9. The highest BCUT2D eigenvalue weighted by Gasteiger charge is 2.29. The number of aromatic nitrogens is 1. The molecule has 9 aromatic rings. The molecular formula is C62H56N4OS. The number of nitrogens with one attached hydrogen (secondary N) is 1. The van der Waals surface area contributed by atoms with Crippen molar-refractivity contribution in [3.8, 4) is 33.7 Å². The fourth-order valence-electron chi connectivity index (χ4n) is 9.66. The number of benzene rings is 8. The van der Waals surface area contributed by atoms with E-state index in [2.05, 4.69) is 238 Å². The van der Waals surface area contributed by atoms with Crippen molar-refractivity contribution in [2.75, 3.05) is 11.5 Å². The van der Waals surface area contributed by atoms with Crippen molar-refractivity contribution in [2.24, 2.45) is 10.3 Å². The van der Waals surface area contributed by atoms with Crippen LogP contribution in [0.3, 0.4) is 0 Å². The van der Waals surface area contributed by atoms with Crippen LogP contribution >= 0.6 is 12.8 Å². The lowest BCUT2D eigenvalue weighted by Crippen LogP contribution is -2.30. The van der Waals surface area contributed by atoms with Gasteiger partial charge in [0, 0.05) is 27.7 Å². The topological polar surface area (TPSA) is 53.6 Å². The lowest BCUT2D eigenvalue weighted by atomic mass is 9.90.